The molecule has 2 atom stereocenters. The van der Waals surface area contributed by atoms with E-state index in [1.165, 1.54) is 0 Å². The van der Waals surface area contributed by atoms with Crippen LogP contribution < -0.4 is 16.8 Å². The van der Waals surface area contributed by atoms with Crippen LogP contribution in [-0.2, 0) is 16.0 Å². The van der Waals surface area contributed by atoms with Crippen LogP contribution in [0.4, 0.5) is 5.69 Å². The summed E-state index contributed by atoms with van der Waals surface area (Å²) in [4.78, 5) is 23.5. The number of carbonyl (C=O) groups excluding carboxylic acids is 2. The summed E-state index contributed by atoms with van der Waals surface area (Å²) in [5.41, 5.74) is 13.1. The Bertz CT molecular complexity index is 474. The molecular weight excluding hydrogens is 254 g/mol. The van der Waals surface area contributed by atoms with Crippen LogP contribution >= 0.6 is 0 Å². The van der Waals surface area contributed by atoms with E-state index >= 15 is 0 Å². The standard InChI is InChI=1S/C15H23N3O2/c1-3-10(2)14(17)15(20)18-13(19)9-8-11-6-4-5-7-12(11)16/h4-7,10,14H,3,8-9,16-17H2,1-2H3,(H,18,19,20)/t10?,14-/m0/s1. The predicted octanol–water partition coefficient (Wildman–Crippen LogP) is 1.22. The largest absolute Gasteiger partial charge is 0.399 e. The van der Waals surface area contributed by atoms with Crippen molar-refractivity contribution >= 4 is 17.5 Å². The molecule has 0 bridgehead atoms. The van der Waals surface area contributed by atoms with E-state index in [0.29, 0.717) is 12.1 Å². The Morgan fingerprint density at radius 3 is 2.55 bits per heavy atom. The maximum absolute atomic E-state index is 11.8. The minimum atomic E-state index is -0.647. The Labute approximate surface area is 119 Å². The number of amides is 2. The summed E-state index contributed by atoms with van der Waals surface area (Å²) in [6, 6.07) is 6.72. The second kappa shape index (κ2) is 7.65. The van der Waals surface area contributed by atoms with Crippen molar-refractivity contribution in [2.45, 2.75) is 39.2 Å². The molecule has 1 rings (SSSR count). The quantitative estimate of drug-likeness (QED) is 0.681. The predicted molar refractivity (Wildman–Crippen MR) is 79.8 cm³/mol. The zero-order valence-corrected chi connectivity index (χ0v) is 12.1. The molecule has 0 aliphatic heterocycles. The van der Waals surface area contributed by atoms with Gasteiger partial charge in [0.15, 0.2) is 0 Å². The van der Waals surface area contributed by atoms with Gasteiger partial charge in [-0.2, -0.15) is 0 Å². The van der Waals surface area contributed by atoms with Gasteiger partial charge in [-0.1, -0.05) is 38.5 Å². The number of nitrogens with one attached hydrogen (secondary N) is 1. The Balaban J connectivity index is 2.45. The zero-order valence-electron chi connectivity index (χ0n) is 12.1. The number of hydrogen-bond acceptors (Lipinski definition) is 4. The molecular formula is C15H23N3O2. The van der Waals surface area contributed by atoms with Crippen molar-refractivity contribution in [3.05, 3.63) is 29.8 Å². The lowest BCUT2D eigenvalue weighted by Gasteiger charge is -2.17. The highest BCUT2D eigenvalue weighted by Gasteiger charge is 2.21. The molecule has 0 aliphatic rings. The van der Waals surface area contributed by atoms with Crippen molar-refractivity contribution in [3.63, 3.8) is 0 Å². The van der Waals surface area contributed by atoms with Gasteiger partial charge >= 0.3 is 0 Å². The van der Waals surface area contributed by atoms with Crippen LogP contribution in [0.15, 0.2) is 24.3 Å². The van der Waals surface area contributed by atoms with Crippen molar-refractivity contribution in [3.8, 4) is 0 Å². The summed E-state index contributed by atoms with van der Waals surface area (Å²) in [6.07, 6.45) is 1.51. The van der Waals surface area contributed by atoms with E-state index in [2.05, 4.69) is 5.32 Å². The third-order valence-corrected chi connectivity index (χ3v) is 3.50. The molecule has 0 saturated heterocycles. The van der Waals surface area contributed by atoms with Crippen LogP contribution in [0.3, 0.4) is 0 Å². The van der Waals surface area contributed by atoms with Gasteiger partial charge in [-0.15, -0.1) is 0 Å². The van der Waals surface area contributed by atoms with Gasteiger partial charge < -0.3 is 11.5 Å². The summed E-state index contributed by atoms with van der Waals surface area (Å²) < 4.78 is 0. The molecule has 0 saturated carbocycles. The molecule has 110 valence electrons. The number of anilines is 1. The number of para-hydroxylation sites is 1. The van der Waals surface area contributed by atoms with Gasteiger partial charge in [0.1, 0.15) is 0 Å². The highest BCUT2D eigenvalue weighted by atomic mass is 16.2. The average Bonchev–Trinajstić information content (AvgIpc) is 2.44. The minimum absolute atomic E-state index is 0.0487. The molecule has 5 nitrogen and oxygen atoms in total. The first-order chi connectivity index (χ1) is 9.45. The van der Waals surface area contributed by atoms with Crippen LogP contribution in [0.1, 0.15) is 32.3 Å². The molecule has 20 heavy (non-hydrogen) atoms. The molecule has 0 fully saturated rings. The molecule has 2 amide bonds. The minimum Gasteiger partial charge on any atom is -0.399 e. The van der Waals surface area contributed by atoms with Gasteiger partial charge in [0.2, 0.25) is 11.8 Å². The molecule has 0 aromatic heterocycles. The lowest BCUT2D eigenvalue weighted by Crippen LogP contribution is -2.46. The highest BCUT2D eigenvalue weighted by Crippen LogP contribution is 2.12. The van der Waals surface area contributed by atoms with Crippen LogP contribution in [0.5, 0.6) is 0 Å². The molecule has 1 unspecified atom stereocenters. The SMILES string of the molecule is CCC(C)[C@H](N)C(=O)NC(=O)CCc1ccccc1N. The van der Waals surface area contributed by atoms with Crippen LogP contribution in [-0.4, -0.2) is 17.9 Å². The lowest BCUT2D eigenvalue weighted by atomic mass is 9.99. The van der Waals surface area contributed by atoms with E-state index < -0.39 is 11.9 Å². The molecule has 5 heteroatoms. The van der Waals surface area contributed by atoms with Gasteiger partial charge in [-0.3, -0.25) is 14.9 Å². The molecule has 1 aromatic carbocycles. The fourth-order valence-electron chi connectivity index (χ4n) is 1.81. The first-order valence-electron chi connectivity index (χ1n) is 6.88. The van der Waals surface area contributed by atoms with Crippen molar-refractivity contribution in [1.82, 2.24) is 5.32 Å². The normalized spacial score (nSPS) is 13.6. The highest BCUT2D eigenvalue weighted by molar-refractivity contribution is 5.97. The number of aryl methyl sites for hydroxylation is 1. The second-order valence-electron chi connectivity index (χ2n) is 5.02. The Hall–Kier alpha value is -1.88. The Morgan fingerprint density at radius 2 is 1.95 bits per heavy atom. The third-order valence-electron chi connectivity index (χ3n) is 3.50. The second-order valence-corrected chi connectivity index (χ2v) is 5.02. The van der Waals surface area contributed by atoms with E-state index in [-0.39, 0.29) is 18.2 Å². The number of imide groups is 1. The topological polar surface area (TPSA) is 98.2 Å². The Kier molecular flexibility index (Phi) is 6.18. The van der Waals surface area contributed by atoms with Crippen LogP contribution in [0.25, 0.3) is 0 Å². The number of nitrogen functional groups attached to an aromatic ring is 1. The molecule has 0 radical (unpaired) electrons. The fourth-order valence-corrected chi connectivity index (χ4v) is 1.81. The van der Waals surface area contributed by atoms with E-state index in [1.807, 2.05) is 32.0 Å². The third kappa shape index (κ3) is 4.66. The molecule has 0 aliphatic carbocycles. The van der Waals surface area contributed by atoms with Crippen LogP contribution in [0, 0.1) is 5.92 Å². The van der Waals surface area contributed by atoms with Gasteiger partial charge in [0.25, 0.3) is 0 Å². The van der Waals surface area contributed by atoms with E-state index in [0.717, 1.165) is 12.0 Å². The summed E-state index contributed by atoms with van der Waals surface area (Å²) >= 11 is 0. The van der Waals surface area contributed by atoms with Crippen molar-refractivity contribution in [2.75, 3.05) is 5.73 Å². The first-order valence-corrected chi connectivity index (χ1v) is 6.88. The average molecular weight is 277 g/mol. The summed E-state index contributed by atoms with van der Waals surface area (Å²) in [5, 5.41) is 2.34. The van der Waals surface area contributed by atoms with E-state index in [4.69, 9.17) is 11.5 Å². The van der Waals surface area contributed by atoms with E-state index in [1.54, 1.807) is 6.07 Å². The van der Waals surface area contributed by atoms with Gasteiger partial charge in [-0.25, -0.2) is 0 Å². The maximum Gasteiger partial charge on any atom is 0.243 e. The molecule has 0 heterocycles. The van der Waals surface area contributed by atoms with Crippen LogP contribution in [0.2, 0.25) is 0 Å². The first kappa shape index (κ1) is 16.2. The monoisotopic (exact) mass is 277 g/mol. The molecule has 0 spiro atoms. The van der Waals surface area contributed by atoms with Crippen molar-refractivity contribution in [1.29, 1.82) is 0 Å². The number of rotatable bonds is 6. The van der Waals surface area contributed by atoms with Gasteiger partial charge in [-0.05, 0) is 24.0 Å². The fraction of sp³-hybridized carbons (Fsp3) is 0.467. The lowest BCUT2D eigenvalue weighted by molar-refractivity contribution is -0.131. The zero-order chi connectivity index (χ0) is 15.1. The van der Waals surface area contributed by atoms with Crippen molar-refractivity contribution in [2.24, 2.45) is 11.7 Å². The van der Waals surface area contributed by atoms with Gasteiger partial charge in [0, 0.05) is 12.1 Å². The van der Waals surface area contributed by atoms with E-state index in [9.17, 15) is 9.59 Å². The molecule has 5 N–H and O–H groups in total. The number of nitrogens with two attached hydrogens (primary N) is 2. The van der Waals surface area contributed by atoms with Gasteiger partial charge in [0.05, 0.1) is 6.04 Å². The number of carbonyl (C=O) groups is 2. The summed E-state index contributed by atoms with van der Waals surface area (Å²) in [6.45, 7) is 3.84. The maximum atomic E-state index is 11.8. The Morgan fingerprint density at radius 1 is 1.30 bits per heavy atom. The summed E-state index contributed by atoms with van der Waals surface area (Å²) in [5.74, 6) is -0.685. The van der Waals surface area contributed by atoms with Crippen molar-refractivity contribution < 1.29 is 9.59 Å². The number of benzene rings is 1. The smallest absolute Gasteiger partial charge is 0.243 e. The summed E-state index contributed by atoms with van der Waals surface area (Å²) in [7, 11) is 0. The number of hydrogen-bond donors (Lipinski definition) is 3. The molecule has 1 aromatic rings.